The summed E-state index contributed by atoms with van der Waals surface area (Å²) in [5.74, 6) is -0.313. The van der Waals surface area contributed by atoms with Gasteiger partial charge in [0.15, 0.2) is 0 Å². The van der Waals surface area contributed by atoms with E-state index in [9.17, 15) is 4.79 Å². The quantitative estimate of drug-likeness (QED) is 0.654. The lowest BCUT2D eigenvalue weighted by molar-refractivity contribution is -0.144. The van der Waals surface area contributed by atoms with Crippen molar-refractivity contribution in [2.75, 3.05) is 11.9 Å². The Kier molecular flexibility index (Phi) is 5.38. The fourth-order valence-electron chi connectivity index (χ4n) is 2.02. The van der Waals surface area contributed by atoms with Gasteiger partial charge in [0.2, 0.25) is 0 Å². The number of anilines is 1. The van der Waals surface area contributed by atoms with Crippen molar-refractivity contribution in [2.45, 2.75) is 33.4 Å². The number of aromatic nitrogens is 3. The van der Waals surface area contributed by atoms with Crippen molar-refractivity contribution in [1.29, 1.82) is 0 Å². The Hall–Kier alpha value is -2.08. The molecule has 0 aliphatic heterocycles. The van der Waals surface area contributed by atoms with Crippen LogP contribution >= 0.6 is 11.6 Å². The molecule has 0 amide bonds. The molecule has 6 nitrogen and oxygen atoms in total. The van der Waals surface area contributed by atoms with Crippen LogP contribution in [0.5, 0.6) is 0 Å². The first kappa shape index (κ1) is 16.3. The molecule has 2 aromatic rings. The molecule has 0 aliphatic carbocycles. The molecule has 7 heteroatoms. The Labute approximate surface area is 134 Å². The minimum Gasteiger partial charge on any atom is -0.465 e. The summed E-state index contributed by atoms with van der Waals surface area (Å²) in [6.45, 7) is 6.30. The number of esters is 1. The van der Waals surface area contributed by atoms with Gasteiger partial charge >= 0.3 is 5.97 Å². The standard InChI is InChI=1S/C15H19ClN4O2/c1-4-22-15(21)9-20-8-11(6-18-20)12-7-17-14(16)5-13(12)19-10(2)3/h5-8,10H,4,9H2,1-3H3,(H,17,19). The van der Waals surface area contributed by atoms with Gasteiger partial charge < -0.3 is 10.1 Å². The summed E-state index contributed by atoms with van der Waals surface area (Å²) in [7, 11) is 0. The first-order chi connectivity index (χ1) is 10.5. The third-order valence-electron chi connectivity index (χ3n) is 2.86. The van der Waals surface area contributed by atoms with Gasteiger partial charge in [0.25, 0.3) is 0 Å². The SMILES string of the molecule is CCOC(=O)Cn1cc(-c2cnc(Cl)cc2NC(C)C)cn1. The summed E-state index contributed by atoms with van der Waals surface area (Å²) in [4.78, 5) is 15.6. The minimum atomic E-state index is -0.313. The van der Waals surface area contributed by atoms with E-state index in [1.54, 1.807) is 36.3 Å². The zero-order valence-electron chi connectivity index (χ0n) is 12.8. The number of halogens is 1. The zero-order valence-corrected chi connectivity index (χ0v) is 13.6. The van der Waals surface area contributed by atoms with Gasteiger partial charge in [-0.2, -0.15) is 5.10 Å². The number of nitrogens with zero attached hydrogens (tertiary/aromatic N) is 3. The van der Waals surface area contributed by atoms with Crippen LogP contribution in [0.2, 0.25) is 5.15 Å². The summed E-state index contributed by atoms with van der Waals surface area (Å²) in [5, 5.41) is 7.94. The highest BCUT2D eigenvalue weighted by atomic mass is 35.5. The van der Waals surface area contributed by atoms with Gasteiger partial charge in [-0.3, -0.25) is 9.48 Å². The summed E-state index contributed by atoms with van der Waals surface area (Å²) in [6.07, 6.45) is 5.17. The maximum absolute atomic E-state index is 11.5. The molecule has 2 heterocycles. The molecular formula is C15H19ClN4O2. The van der Waals surface area contributed by atoms with E-state index in [-0.39, 0.29) is 18.6 Å². The van der Waals surface area contributed by atoms with Crippen LogP contribution in [-0.4, -0.2) is 33.4 Å². The third kappa shape index (κ3) is 4.21. The highest BCUT2D eigenvalue weighted by Crippen LogP contribution is 2.29. The molecule has 0 bridgehead atoms. The van der Waals surface area contributed by atoms with Crippen molar-refractivity contribution < 1.29 is 9.53 Å². The van der Waals surface area contributed by atoms with Crippen molar-refractivity contribution in [3.05, 3.63) is 29.8 Å². The lowest BCUT2D eigenvalue weighted by atomic mass is 10.1. The largest absolute Gasteiger partial charge is 0.465 e. The molecule has 0 saturated heterocycles. The second-order valence-corrected chi connectivity index (χ2v) is 5.47. The summed E-state index contributed by atoms with van der Waals surface area (Å²) in [6, 6.07) is 2.03. The lowest BCUT2D eigenvalue weighted by Gasteiger charge is -2.13. The Bertz CT molecular complexity index is 655. The van der Waals surface area contributed by atoms with Crippen LogP contribution in [0.3, 0.4) is 0 Å². The first-order valence-corrected chi connectivity index (χ1v) is 7.48. The van der Waals surface area contributed by atoms with Crippen molar-refractivity contribution in [3.63, 3.8) is 0 Å². The van der Waals surface area contributed by atoms with E-state index in [1.165, 1.54) is 0 Å². The molecule has 118 valence electrons. The molecule has 0 aliphatic rings. The minimum absolute atomic E-state index is 0.0851. The number of carbonyl (C=O) groups excluding carboxylic acids is 1. The number of nitrogens with one attached hydrogen (secondary N) is 1. The van der Waals surface area contributed by atoms with Crippen LogP contribution in [0.4, 0.5) is 5.69 Å². The van der Waals surface area contributed by atoms with Crippen molar-refractivity contribution in [2.24, 2.45) is 0 Å². The van der Waals surface area contributed by atoms with Crippen LogP contribution in [0.15, 0.2) is 24.7 Å². The topological polar surface area (TPSA) is 69.0 Å². The summed E-state index contributed by atoms with van der Waals surface area (Å²) < 4.78 is 6.45. The van der Waals surface area contributed by atoms with Gasteiger partial charge in [-0.05, 0) is 26.8 Å². The normalized spacial score (nSPS) is 10.8. The second kappa shape index (κ2) is 7.26. The number of pyridine rings is 1. The highest BCUT2D eigenvalue weighted by Gasteiger charge is 2.12. The van der Waals surface area contributed by atoms with E-state index < -0.39 is 0 Å². The first-order valence-electron chi connectivity index (χ1n) is 7.10. The predicted molar refractivity (Wildman–Crippen MR) is 85.9 cm³/mol. The lowest BCUT2D eigenvalue weighted by Crippen LogP contribution is -2.13. The molecule has 0 atom stereocenters. The Balaban J connectivity index is 2.25. The van der Waals surface area contributed by atoms with Crippen LogP contribution in [0, 0.1) is 0 Å². The molecule has 0 spiro atoms. The molecule has 22 heavy (non-hydrogen) atoms. The Morgan fingerprint density at radius 3 is 2.91 bits per heavy atom. The number of hydrogen-bond acceptors (Lipinski definition) is 5. The molecular weight excluding hydrogens is 304 g/mol. The van der Waals surface area contributed by atoms with E-state index in [1.807, 2.05) is 13.8 Å². The van der Waals surface area contributed by atoms with Gasteiger partial charge in [-0.25, -0.2) is 4.98 Å². The maximum atomic E-state index is 11.5. The fourth-order valence-corrected chi connectivity index (χ4v) is 2.18. The zero-order chi connectivity index (χ0) is 16.1. The number of hydrogen-bond donors (Lipinski definition) is 1. The monoisotopic (exact) mass is 322 g/mol. The fraction of sp³-hybridized carbons (Fsp3) is 0.400. The van der Waals surface area contributed by atoms with E-state index in [0.29, 0.717) is 11.8 Å². The maximum Gasteiger partial charge on any atom is 0.327 e. The van der Waals surface area contributed by atoms with Crippen LogP contribution in [0.1, 0.15) is 20.8 Å². The van der Waals surface area contributed by atoms with Crippen LogP contribution in [0.25, 0.3) is 11.1 Å². The van der Waals surface area contributed by atoms with Crippen molar-refractivity contribution in [3.8, 4) is 11.1 Å². The van der Waals surface area contributed by atoms with E-state index >= 15 is 0 Å². The van der Waals surface area contributed by atoms with Gasteiger partial charge in [0, 0.05) is 35.2 Å². The average Bonchev–Trinajstić information content (AvgIpc) is 2.86. The predicted octanol–water partition coefficient (Wildman–Crippen LogP) is 2.98. The van der Waals surface area contributed by atoms with Gasteiger partial charge in [-0.1, -0.05) is 11.6 Å². The summed E-state index contributed by atoms with van der Waals surface area (Å²) >= 11 is 5.96. The van der Waals surface area contributed by atoms with E-state index in [0.717, 1.165) is 16.8 Å². The highest BCUT2D eigenvalue weighted by molar-refractivity contribution is 6.29. The summed E-state index contributed by atoms with van der Waals surface area (Å²) in [5.41, 5.74) is 2.62. The van der Waals surface area contributed by atoms with Crippen LogP contribution < -0.4 is 5.32 Å². The molecule has 2 aromatic heterocycles. The van der Waals surface area contributed by atoms with Gasteiger partial charge in [0.05, 0.1) is 12.8 Å². The smallest absolute Gasteiger partial charge is 0.327 e. The Morgan fingerprint density at radius 2 is 2.23 bits per heavy atom. The van der Waals surface area contributed by atoms with E-state index in [4.69, 9.17) is 16.3 Å². The molecule has 1 N–H and O–H groups in total. The molecule has 0 saturated carbocycles. The average molecular weight is 323 g/mol. The molecule has 2 rings (SSSR count). The van der Waals surface area contributed by atoms with E-state index in [2.05, 4.69) is 15.4 Å². The number of rotatable bonds is 6. The Morgan fingerprint density at radius 1 is 1.45 bits per heavy atom. The van der Waals surface area contributed by atoms with Crippen molar-refractivity contribution >= 4 is 23.3 Å². The second-order valence-electron chi connectivity index (χ2n) is 5.08. The van der Waals surface area contributed by atoms with Crippen molar-refractivity contribution in [1.82, 2.24) is 14.8 Å². The molecule has 0 aromatic carbocycles. The molecule has 0 unspecified atom stereocenters. The number of carbonyl (C=O) groups is 1. The van der Waals surface area contributed by atoms with Gasteiger partial charge in [0.1, 0.15) is 11.7 Å². The third-order valence-corrected chi connectivity index (χ3v) is 3.06. The van der Waals surface area contributed by atoms with Crippen LogP contribution in [-0.2, 0) is 16.1 Å². The number of ether oxygens (including phenoxy) is 1. The molecule has 0 fully saturated rings. The molecule has 0 radical (unpaired) electrons. The van der Waals surface area contributed by atoms with Gasteiger partial charge in [-0.15, -0.1) is 0 Å².